The molecule has 156 valence electrons. The van der Waals surface area contributed by atoms with Gasteiger partial charge in [-0.25, -0.2) is 9.97 Å². The fraction of sp³-hybridized carbons (Fsp3) is 0.318. The third kappa shape index (κ3) is 3.99. The zero-order chi connectivity index (χ0) is 20.9. The molecule has 8 heteroatoms. The van der Waals surface area contributed by atoms with Gasteiger partial charge < -0.3 is 23.8 Å². The highest BCUT2D eigenvalue weighted by Crippen LogP contribution is 2.40. The fourth-order valence-electron chi connectivity index (χ4n) is 3.38. The molecule has 1 aliphatic heterocycles. The summed E-state index contributed by atoms with van der Waals surface area (Å²) in [6.07, 6.45) is 3.50. The first-order valence-electron chi connectivity index (χ1n) is 9.66. The summed E-state index contributed by atoms with van der Waals surface area (Å²) in [7, 11) is 4.83. The van der Waals surface area contributed by atoms with Crippen molar-refractivity contribution in [2.24, 2.45) is 0 Å². The number of hydrogen-bond acceptors (Lipinski definition) is 8. The lowest BCUT2D eigenvalue weighted by molar-refractivity contribution is 0.122. The first-order chi connectivity index (χ1) is 14.7. The van der Waals surface area contributed by atoms with E-state index in [1.165, 1.54) is 0 Å². The molecule has 1 fully saturated rings. The minimum Gasteiger partial charge on any atom is -0.496 e. The average Bonchev–Trinajstić information content (AvgIpc) is 2.83. The molecule has 0 unspecified atom stereocenters. The summed E-state index contributed by atoms with van der Waals surface area (Å²) in [5, 5.41) is 0. The van der Waals surface area contributed by atoms with Crippen LogP contribution in [-0.4, -0.2) is 62.6 Å². The number of methoxy groups -OCH3 is 3. The van der Waals surface area contributed by atoms with Crippen LogP contribution < -0.4 is 19.1 Å². The Morgan fingerprint density at radius 1 is 0.800 bits per heavy atom. The van der Waals surface area contributed by atoms with Crippen molar-refractivity contribution < 1.29 is 18.9 Å². The third-order valence-corrected chi connectivity index (χ3v) is 4.97. The Bertz CT molecular complexity index is 1010. The zero-order valence-electron chi connectivity index (χ0n) is 17.3. The van der Waals surface area contributed by atoms with Gasteiger partial charge in [0.15, 0.2) is 11.5 Å². The lowest BCUT2D eigenvalue weighted by Crippen LogP contribution is -2.37. The largest absolute Gasteiger partial charge is 0.496 e. The maximum atomic E-state index is 5.63. The molecule has 0 atom stereocenters. The van der Waals surface area contributed by atoms with Gasteiger partial charge in [0.2, 0.25) is 5.95 Å². The van der Waals surface area contributed by atoms with E-state index in [2.05, 4.69) is 9.88 Å². The van der Waals surface area contributed by atoms with Crippen LogP contribution in [-0.2, 0) is 4.74 Å². The second kappa shape index (κ2) is 8.96. The molecule has 0 N–H and O–H groups in total. The number of hydrogen-bond donors (Lipinski definition) is 0. The number of anilines is 1. The smallest absolute Gasteiger partial charge is 0.226 e. The van der Waals surface area contributed by atoms with E-state index in [4.69, 9.17) is 28.9 Å². The van der Waals surface area contributed by atoms with Crippen LogP contribution in [0, 0.1) is 0 Å². The van der Waals surface area contributed by atoms with Crippen molar-refractivity contribution in [2.75, 3.05) is 52.5 Å². The van der Waals surface area contributed by atoms with Crippen LogP contribution in [0.1, 0.15) is 0 Å². The molecule has 2 aromatic heterocycles. The fourth-order valence-corrected chi connectivity index (χ4v) is 3.38. The van der Waals surface area contributed by atoms with Gasteiger partial charge in [0.1, 0.15) is 5.75 Å². The third-order valence-electron chi connectivity index (χ3n) is 4.97. The van der Waals surface area contributed by atoms with Gasteiger partial charge in [-0.05, 0) is 24.3 Å². The Balaban J connectivity index is 1.88. The molecule has 8 nitrogen and oxygen atoms in total. The van der Waals surface area contributed by atoms with Crippen LogP contribution in [0.25, 0.3) is 22.5 Å². The lowest BCUT2D eigenvalue weighted by atomic mass is 10.1. The minimum absolute atomic E-state index is 0.593. The van der Waals surface area contributed by atoms with Gasteiger partial charge in [-0.2, -0.15) is 0 Å². The van der Waals surface area contributed by atoms with Crippen molar-refractivity contribution in [3.05, 3.63) is 42.7 Å². The predicted molar refractivity (Wildman–Crippen MR) is 113 cm³/mol. The SMILES string of the molecule is COc1cc(OC)c(-c2cc(-c3ccncc3)nc(N3CCOCC3)n2)cc1OC. The Morgan fingerprint density at radius 2 is 1.43 bits per heavy atom. The molecule has 0 aliphatic carbocycles. The van der Waals surface area contributed by atoms with Crippen molar-refractivity contribution in [1.29, 1.82) is 0 Å². The van der Waals surface area contributed by atoms with E-state index in [0.717, 1.165) is 35.6 Å². The summed E-state index contributed by atoms with van der Waals surface area (Å²) in [6.45, 7) is 2.78. The number of pyridine rings is 1. The van der Waals surface area contributed by atoms with Crippen molar-refractivity contribution in [2.45, 2.75) is 0 Å². The first kappa shape index (κ1) is 19.9. The number of nitrogens with zero attached hydrogens (tertiary/aromatic N) is 4. The maximum Gasteiger partial charge on any atom is 0.226 e. The van der Waals surface area contributed by atoms with Crippen molar-refractivity contribution in [3.63, 3.8) is 0 Å². The lowest BCUT2D eigenvalue weighted by Gasteiger charge is -2.27. The van der Waals surface area contributed by atoms with Gasteiger partial charge >= 0.3 is 0 Å². The molecule has 1 saturated heterocycles. The molecule has 1 aliphatic rings. The quantitative estimate of drug-likeness (QED) is 0.616. The highest BCUT2D eigenvalue weighted by molar-refractivity contribution is 5.76. The van der Waals surface area contributed by atoms with Gasteiger partial charge in [0.05, 0.1) is 45.9 Å². The average molecular weight is 408 g/mol. The number of aromatic nitrogens is 3. The number of rotatable bonds is 6. The molecule has 1 aromatic carbocycles. The van der Waals surface area contributed by atoms with Crippen molar-refractivity contribution in [3.8, 4) is 39.8 Å². The highest BCUT2D eigenvalue weighted by atomic mass is 16.5. The molecular weight excluding hydrogens is 384 g/mol. The molecule has 0 radical (unpaired) electrons. The number of benzene rings is 1. The van der Waals surface area contributed by atoms with Gasteiger partial charge in [-0.3, -0.25) is 4.98 Å². The number of morpholine rings is 1. The maximum absolute atomic E-state index is 5.63. The van der Waals surface area contributed by atoms with E-state index >= 15 is 0 Å². The van der Waals surface area contributed by atoms with Gasteiger partial charge in [-0.1, -0.05) is 0 Å². The zero-order valence-corrected chi connectivity index (χ0v) is 17.3. The summed E-state index contributed by atoms with van der Waals surface area (Å²) < 4.78 is 22.0. The van der Waals surface area contributed by atoms with Gasteiger partial charge in [0.25, 0.3) is 0 Å². The van der Waals surface area contributed by atoms with Gasteiger partial charge in [0, 0.05) is 42.7 Å². The Kier molecular flexibility index (Phi) is 5.94. The summed E-state index contributed by atoms with van der Waals surface area (Å²) >= 11 is 0. The summed E-state index contributed by atoms with van der Waals surface area (Å²) in [4.78, 5) is 15.9. The van der Waals surface area contributed by atoms with Crippen LogP contribution >= 0.6 is 0 Å². The monoisotopic (exact) mass is 408 g/mol. The molecule has 3 aromatic rings. The van der Waals surface area contributed by atoms with Crippen LogP contribution in [0.4, 0.5) is 5.95 Å². The minimum atomic E-state index is 0.593. The first-order valence-corrected chi connectivity index (χ1v) is 9.66. The Hall–Kier alpha value is -3.39. The van der Waals surface area contributed by atoms with E-state index in [1.807, 2.05) is 24.3 Å². The summed E-state index contributed by atoms with van der Waals surface area (Å²) in [6, 6.07) is 9.49. The van der Waals surface area contributed by atoms with E-state index < -0.39 is 0 Å². The molecule has 0 saturated carbocycles. The molecule has 0 bridgehead atoms. The number of ether oxygens (including phenoxy) is 4. The molecule has 4 rings (SSSR count). The molecule has 0 spiro atoms. The van der Waals surface area contributed by atoms with Crippen LogP contribution in [0.3, 0.4) is 0 Å². The summed E-state index contributed by atoms with van der Waals surface area (Å²) in [5.41, 5.74) is 3.29. The Morgan fingerprint density at radius 3 is 2.10 bits per heavy atom. The second-order valence-electron chi connectivity index (χ2n) is 6.68. The van der Waals surface area contributed by atoms with E-state index in [-0.39, 0.29) is 0 Å². The van der Waals surface area contributed by atoms with Crippen LogP contribution in [0.15, 0.2) is 42.7 Å². The molecule has 0 amide bonds. The topological polar surface area (TPSA) is 78.8 Å². The van der Waals surface area contributed by atoms with Crippen LogP contribution in [0.2, 0.25) is 0 Å². The standard InChI is InChI=1S/C22H24N4O4/c1-27-19-14-21(29-3)20(28-2)12-16(19)18-13-17(15-4-6-23-7-5-15)24-22(25-18)26-8-10-30-11-9-26/h4-7,12-14H,8-11H2,1-3H3. The van der Waals surface area contributed by atoms with Crippen molar-refractivity contribution in [1.82, 2.24) is 15.0 Å². The normalized spacial score (nSPS) is 13.8. The van der Waals surface area contributed by atoms with Crippen molar-refractivity contribution >= 4 is 5.95 Å². The molecule has 3 heterocycles. The Labute approximate surface area is 175 Å². The van der Waals surface area contributed by atoms with E-state index in [0.29, 0.717) is 36.4 Å². The highest BCUT2D eigenvalue weighted by Gasteiger charge is 2.20. The van der Waals surface area contributed by atoms with Crippen LogP contribution in [0.5, 0.6) is 17.2 Å². The van der Waals surface area contributed by atoms with E-state index in [9.17, 15) is 0 Å². The van der Waals surface area contributed by atoms with E-state index in [1.54, 1.807) is 39.8 Å². The summed E-state index contributed by atoms with van der Waals surface area (Å²) in [5.74, 6) is 2.49. The second-order valence-corrected chi connectivity index (χ2v) is 6.68. The molecule has 30 heavy (non-hydrogen) atoms. The molecular formula is C22H24N4O4. The van der Waals surface area contributed by atoms with Gasteiger partial charge in [-0.15, -0.1) is 0 Å². The predicted octanol–water partition coefficient (Wildman–Crippen LogP) is 3.07.